The van der Waals surface area contributed by atoms with Crippen LogP contribution in [0.15, 0.2) is 41.3 Å². The Hall–Kier alpha value is -2.51. The first-order chi connectivity index (χ1) is 12.8. The van der Waals surface area contributed by atoms with Crippen molar-refractivity contribution in [2.24, 2.45) is 5.73 Å². The van der Waals surface area contributed by atoms with E-state index in [2.05, 4.69) is 5.32 Å². The number of benzene rings is 2. The Morgan fingerprint density at radius 1 is 1.19 bits per heavy atom. The van der Waals surface area contributed by atoms with E-state index in [-0.39, 0.29) is 11.3 Å². The van der Waals surface area contributed by atoms with Crippen LogP contribution in [-0.4, -0.2) is 30.1 Å². The molecule has 0 heterocycles. The Morgan fingerprint density at radius 3 is 2.56 bits per heavy atom. The number of thioether (sulfide) groups is 1. The van der Waals surface area contributed by atoms with Crippen LogP contribution in [0.3, 0.4) is 0 Å². The van der Waals surface area contributed by atoms with Gasteiger partial charge in [0.05, 0.1) is 22.0 Å². The molecule has 8 heteroatoms. The van der Waals surface area contributed by atoms with Gasteiger partial charge in [0.1, 0.15) is 0 Å². The Morgan fingerprint density at radius 2 is 1.89 bits per heavy atom. The molecule has 0 aromatic heterocycles. The Balaban J connectivity index is 2.00. The number of carbonyl (C=O) groups excluding carboxylic acids is 3. The molecule has 0 fully saturated rings. The number of primary amides is 1. The zero-order valence-electron chi connectivity index (χ0n) is 14.9. The number of hydrogen-bond donors (Lipinski definition) is 2. The number of nitrogens with one attached hydrogen (secondary N) is 1. The molecule has 2 rings (SSSR count). The van der Waals surface area contributed by atoms with Crippen molar-refractivity contribution in [2.75, 3.05) is 17.7 Å². The number of halogens is 1. The lowest BCUT2D eigenvalue weighted by Crippen LogP contribution is -2.22. The van der Waals surface area contributed by atoms with Crippen molar-refractivity contribution in [3.63, 3.8) is 0 Å². The lowest BCUT2D eigenvalue weighted by atomic mass is 10.1. The minimum absolute atomic E-state index is 0.0377. The second kappa shape index (κ2) is 9.43. The lowest BCUT2D eigenvalue weighted by Gasteiger charge is -2.12. The van der Waals surface area contributed by atoms with Crippen LogP contribution < -0.4 is 11.1 Å². The molecule has 0 radical (unpaired) electrons. The van der Waals surface area contributed by atoms with Crippen LogP contribution in [0, 0.1) is 13.8 Å². The first-order valence-electron chi connectivity index (χ1n) is 8.01. The van der Waals surface area contributed by atoms with Crippen LogP contribution in [0.1, 0.15) is 21.5 Å². The van der Waals surface area contributed by atoms with Gasteiger partial charge in [-0.2, -0.15) is 0 Å². The zero-order valence-corrected chi connectivity index (χ0v) is 16.4. The van der Waals surface area contributed by atoms with E-state index in [1.807, 2.05) is 19.9 Å². The summed E-state index contributed by atoms with van der Waals surface area (Å²) in [6, 6.07) is 10.3. The molecule has 0 aliphatic rings. The maximum absolute atomic E-state index is 12.3. The van der Waals surface area contributed by atoms with Crippen LogP contribution >= 0.6 is 23.4 Å². The van der Waals surface area contributed by atoms with E-state index in [0.29, 0.717) is 15.6 Å². The average Bonchev–Trinajstić information content (AvgIpc) is 2.61. The summed E-state index contributed by atoms with van der Waals surface area (Å²) in [5.74, 6) is -1.62. The molecule has 0 unspecified atom stereocenters. The van der Waals surface area contributed by atoms with E-state index in [1.54, 1.807) is 30.3 Å². The molecular formula is C19H19ClN2O4S. The highest BCUT2D eigenvalue weighted by atomic mass is 35.5. The maximum Gasteiger partial charge on any atom is 0.339 e. The number of aryl methyl sites for hydroxylation is 2. The molecule has 142 valence electrons. The molecule has 0 spiro atoms. The predicted molar refractivity (Wildman–Crippen MR) is 106 cm³/mol. The highest BCUT2D eigenvalue weighted by Crippen LogP contribution is 2.27. The minimum atomic E-state index is -0.663. The summed E-state index contributed by atoms with van der Waals surface area (Å²) in [6.07, 6.45) is 0. The number of rotatable bonds is 7. The molecule has 3 N–H and O–H groups in total. The monoisotopic (exact) mass is 406 g/mol. The number of nitrogens with two attached hydrogens (primary N) is 1. The molecule has 0 atom stereocenters. The van der Waals surface area contributed by atoms with Gasteiger partial charge in [-0.05, 0) is 43.2 Å². The number of ether oxygens (including phenoxy) is 1. The second-order valence-corrected chi connectivity index (χ2v) is 7.24. The van der Waals surface area contributed by atoms with Gasteiger partial charge in [-0.1, -0.05) is 29.8 Å². The molecule has 0 bridgehead atoms. The first kappa shape index (κ1) is 20.8. The van der Waals surface area contributed by atoms with Gasteiger partial charge >= 0.3 is 5.97 Å². The Bertz CT molecular complexity index is 863. The molecular weight excluding hydrogens is 388 g/mol. The Kier molecular flexibility index (Phi) is 7.27. The van der Waals surface area contributed by atoms with E-state index in [1.165, 1.54) is 0 Å². The maximum atomic E-state index is 12.3. The fourth-order valence-electron chi connectivity index (χ4n) is 2.37. The van der Waals surface area contributed by atoms with Crippen molar-refractivity contribution in [2.45, 2.75) is 18.7 Å². The van der Waals surface area contributed by atoms with Gasteiger partial charge in [-0.25, -0.2) is 4.79 Å². The number of esters is 1. The van der Waals surface area contributed by atoms with Crippen molar-refractivity contribution in [3.05, 3.63) is 58.1 Å². The van der Waals surface area contributed by atoms with Crippen molar-refractivity contribution in [3.8, 4) is 0 Å². The summed E-state index contributed by atoms with van der Waals surface area (Å²) in [7, 11) is 0. The van der Waals surface area contributed by atoms with Gasteiger partial charge in [-0.15, -0.1) is 11.8 Å². The van der Waals surface area contributed by atoms with E-state index in [9.17, 15) is 14.4 Å². The van der Waals surface area contributed by atoms with Gasteiger partial charge in [-0.3, -0.25) is 9.59 Å². The molecule has 2 aromatic carbocycles. The van der Waals surface area contributed by atoms with E-state index < -0.39 is 24.4 Å². The third-order valence-corrected chi connectivity index (χ3v) is 4.90. The number of amides is 2. The fraction of sp³-hybridized carbons (Fsp3) is 0.211. The average molecular weight is 407 g/mol. The van der Waals surface area contributed by atoms with Crippen molar-refractivity contribution < 1.29 is 19.1 Å². The van der Waals surface area contributed by atoms with E-state index in [4.69, 9.17) is 22.1 Å². The normalized spacial score (nSPS) is 10.3. The topological polar surface area (TPSA) is 98.5 Å². The highest BCUT2D eigenvalue weighted by Gasteiger charge is 2.16. The summed E-state index contributed by atoms with van der Waals surface area (Å²) >= 11 is 7.29. The van der Waals surface area contributed by atoms with E-state index in [0.717, 1.165) is 22.9 Å². The van der Waals surface area contributed by atoms with Gasteiger partial charge < -0.3 is 15.8 Å². The van der Waals surface area contributed by atoms with Crippen molar-refractivity contribution in [1.82, 2.24) is 0 Å². The predicted octanol–water partition coefficient (Wildman–Crippen LogP) is 3.33. The third-order valence-electron chi connectivity index (χ3n) is 3.51. The first-order valence-corrected chi connectivity index (χ1v) is 9.38. The van der Waals surface area contributed by atoms with Crippen LogP contribution in [0.2, 0.25) is 5.02 Å². The van der Waals surface area contributed by atoms with E-state index >= 15 is 0 Å². The molecule has 6 nitrogen and oxygen atoms in total. The summed E-state index contributed by atoms with van der Waals surface area (Å²) < 4.78 is 5.09. The van der Waals surface area contributed by atoms with Crippen LogP contribution in [0.4, 0.5) is 5.69 Å². The van der Waals surface area contributed by atoms with Gasteiger partial charge in [0.25, 0.3) is 5.91 Å². The van der Waals surface area contributed by atoms with Gasteiger partial charge in [0.2, 0.25) is 5.91 Å². The third kappa shape index (κ3) is 6.01. The summed E-state index contributed by atoms with van der Waals surface area (Å²) in [4.78, 5) is 35.9. The summed E-state index contributed by atoms with van der Waals surface area (Å²) in [6.45, 7) is 3.27. The largest absolute Gasteiger partial charge is 0.452 e. The number of carbonyl (C=O) groups is 3. The van der Waals surface area contributed by atoms with Crippen molar-refractivity contribution >= 4 is 46.8 Å². The van der Waals surface area contributed by atoms with Crippen LogP contribution in [0.5, 0.6) is 0 Å². The zero-order chi connectivity index (χ0) is 20.0. The van der Waals surface area contributed by atoms with Crippen LogP contribution in [0.25, 0.3) is 0 Å². The molecule has 0 aliphatic heterocycles. The number of hydrogen-bond acceptors (Lipinski definition) is 5. The molecule has 2 aromatic rings. The molecule has 27 heavy (non-hydrogen) atoms. The fourth-order valence-corrected chi connectivity index (χ4v) is 3.52. The number of anilines is 1. The molecule has 0 saturated heterocycles. The highest BCUT2D eigenvalue weighted by molar-refractivity contribution is 8.00. The Labute approximate surface area is 166 Å². The quantitative estimate of drug-likeness (QED) is 0.542. The molecule has 0 aliphatic carbocycles. The lowest BCUT2D eigenvalue weighted by molar-refractivity contribution is -0.119. The van der Waals surface area contributed by atoms with Gasteiger partial charge in [0, 0.05) is 4.90 Å². The standard InChI is InChI=1S/C19H19ClN2O4S/c1-11-7-12(2)18(14(20)8-11)22-17(24)9-26-19(25)13-5-3-4-6-15(13)27-10-16(21)23/h3-8H,9-10H2,1-2H3,(H2,21,23)(H,22,24). The molecule has 0 saturated carbocycles. The SMILES string of the molecule is Cc1cc(C)c(NC(=O)COC(=O)c2ccccc2SCC(N)=O)c(Cl)c1. The summed E-state index contributed by atoms with van der Waals surface area (Å²) in [5.41, 5.74) is 7.68. The van der Waals surface area contributed by atoms with Crippen LogP contribution in [-0.2, 0) is 14.3 Å². The molecule has 2 amide bonds. The smallest absolute Gasteiger partial charge is 0.339 e. The minimum Gasteiger partial charge on any atom is -0.452 e. The summed E-state index contributed by atoms with van der Waals surface area (Å²) in [5, 5.41) is 3.07. The van der Waals surface area contributed by atoms with Gasteiger partial charge in [0.15, 0.2) is 6.61 Å². The second-order valence-electron chi connectivity index (χ2n) is 5.81. The van der Waals surface area contributed by atoms with Crippen molar-refractivity contribution in [1.29, 1.82) is 0 Å².